The predicted molar refractivity (Wildman–Crippen MR) is 140 cm³/mol. The summed E-state index contributed by atoms with van der Waals surface area (Å²) in [6.07, 6.45) is 26.6. The number of pyridine rings is 1. The van der Waals surface area contributed by atoms with Crippen molar-refractivity contribution in [2.45, 2.75) is 116 Å². The van der Waals surface area contributed by atoms with Gasteiger partial charge in [-0.15, -0.1) is 10.2 Å². The highest BCUT2D eigenvalue weighted by Crippen LogP contribution is 2.34. The summed E-state index contributed by atoms with van der Waals surface area (Å²) in [6.45, 7) is 0.730. The molecule has 2 aliphatic carbocycles. The number of aromatic nitrogens is 3. The lowest BCUT2D eigenvalue weighted by Crippen LogP contribution is -2.00. The normalized spacial score (nSPS) is 15.5. The number of unbranched alkanes of at least 4 members (excludes halogenated alkanes) is 9. The summed E-state index contributed by atoms with van der Waals surface area (Å²) in [5, 5.41) is 8.60. The van der Waals surface area contributed by atoms with Gasteiger partial charge in [-0.25, -0.2) is 0 Å². The first-order valence-electron chi connectivity index (χ1n) is 14.3. The van der Waals surface area contributed by atoms with Crippen LogP contribution in [0.25, 0.3) is 11.3 Å². The van der Waals surface area contributed by atoms with Crippen LogP contribution in [-0.4, -0.2) is 21.8 Å². The number of rotatable bonds is 19. The summed E-state index contributed by atoms with van der Waals surface area (Å²) < 4.78 is 5.77. The largest absolute Gasteiger partial charge is 0.477 e. The first-order valence-corrected chi connectivity index (χ1v) is 14.3. The molecule has 4 heteroatoms. The fourth-order valence-corrected chi connectivity index (χ4v) is 4.78. The molecule has 2 aromatic heterocycles. The topological polar surface area (TPSA) is 47.9 Å². The van der Waals surface area contributed by atoms with E-state index in [2.05, 4.69) is 27.3 Å². The van der Waals surface area contributed by atoms with Gasteiger partial charge in [-0.3, -0.25) is 4.98 Å². The third-order valence-electron chi connectivity index (χ3n) is 7.46. The SMILES string of the molecule is c1cc(CCCCCCCCCC2CC2)ncc1-c1ccc(OCCCCCCC2CC2)nn1. The third kappa shape index (κ3) is 10.1. The molecule has 0 aliphatic heterocycles. The van der Waals surface area contributed by atoms with Crippen LogP contribution in [0.4, 0.5) is 0 Å². The van der Waals surface area contributed by atoms with Crippen LogP contribution in [0.15, 0.2) is 30.5 Å². The second-order valence-electron chi connectivity index (χ2n) is 10.7. The molecule has 2 aliphatic rings. The van der Waals surface area contributed by atoms with Crippen LogP contribution in [0.2, 0.25) is 0 Å². The fraction of sp³-hybridized carbons (Fsp3) is 0.700. The molecule has 0 saturated heterocycles. The third-order valence-corrected chi connectivity index (χ3v) is 7.46. The van der Waals surface area contributed by atoms with Gasteiger partial charge in [0.1, 0.15) is 0 Å². The minimum atomic E-state index is 0.620. The van der Waals surface area contributed by atoms with E-state index in [1.807, 2.05) is 18.3 Å². The van der Waals surface area contributed by atoms with E-state index in [0.717, 1.165) is 42.5 Å². The number of ether oxygens (including phenoxy) is 1. The zero-order valence-corrected chi connectivity index (χ0v) is 21.2. The lowest BCUT2D eigenvalue weighted by Gasteiger charge is -2.06. The van der Waals surface area contributed by atoms with E-state index in [4.69, 9.17) is 4.74 Å². The molecule has 4 rings (SSSR count). The van der Waals surface area contributed by atoms with E-state index in [9.17, 15) is 0 Å². The van der Waals surface area contributed by atoms with Crippen molar-refractivity contribution in [1.82, 2.24) is 15.2 Å². The van der Waals surface area contributed by atoms with Gasteiger partial charge in [-0.05, 0) is 49.3 Å². The zero-order valence-electron chi connectivity index (χ0n) is 21.2. The molecule has 0 spiro atoms. The molecule has 4 nitrogen and oxygen atoms in total. The van der Waals surface area contributed by atoms with Crippen LogP contribution in [0.5, 0.6) is 5.88 Å². The molecular formula is C30H45N3O. The number of aryl methyl sites for hydroxylation is 1. The molecule has 0 aromatic carbocycles. The minimum Gasteiger partial charge on any atom is -0.477 e. The van der Waals surface area contributed by atoms with E-state index < -0.39 is 0 Å². The van der Waals surface area contributed by atoms with Crippen molar-refractivity contribution in [2.75, 3.05) is 6.61 Å². The summed E-state index contributed by atoms with van der Waals surface area (Å²) in [5.41, 5.74) is 3.05. The molecule has 0 radical (unpaired) electrons. The average Bonchev–Trinajstić information content (AvgIpc) is 3.79. The van der Waals surface area contributed by atoms with E-state index in [1.165, 1.54) is 108 Å². The Morgan fingerprint density at radius 3 is 1.88 bits per heavy atom. The number of hydrogen-bond donors (Lipinski definition) is 0. The highest BCUT2D eigenvalue weighted by molar-refractivity contribution is 5.57. The summed E-state index contributed by atoms with van der Waals surface area (Å²) in [4.78, 5) is 4.66. The molecule has 0 amide bonds. The fourth-order valence-electron chi connectivity index (χ4n) is 4.78. The van der Waals surface area contributed by atoms with Crippen molar-refractivity contribution >= 4 is 0 Å². The van der Waals surface area contributed by atoms with E-state index in [1.54, 1.807) is 0 Å². The summed E-state index contributed by atoms with van der Waals surface area (Å²) in [6, 6.07) is 8.17. The molecule has 0 unspecified atom stereocenters. The van der Waals surface area contributed by atoms with Crippen molar-refractivity contribution in [3.05, 3.63) is 36.2 Å². The molecule has 0 atom stereocenters. The second kappa shape index (κ2) is 14.4. The lowest BCUT2D eigenvalue weighted by molar-refractivity contribution is 0.290. The maximum Gasteiger partial charge on any atom is 0.233 e. The predicted octanol–water partition coefficient (Wildman–Crippen LogP) is 8.35. The molecule has 2 heterocycles. The Kier molecular flexibility index (Phi) is 10.7. The molecule has 2 saturated carbocycles. The Hall–Kier alpha value is -1.97. The van der Waals surface area contributed by atoms with Crippen LogP contribution in [-0.2, 0) is 6.42 Å². The van der Waals surface area contributed by atoms with Gasteiger partial charge >= 0.3 is 0 Å². The summed E-state index contributed by atoms with van der Waals surface area (Å²) in [7, 11) is 0. The maximum atomic E-state index is 5.77. The molecule has 34 heavy (non-hydrogen) atoms. The minimum absolute atomic E-state index is 0.620. The monoisotopic (exact) mass is 463 g/mol. The Morgan fingerprint density at radius 2 is 1.29 bits per heavy atom. The van der Waals surface area contributed by atoms with E-state index in [0.29, 0.717) is 5.88 Å². The van der Waals surface area contributed by atoms with Crippen LogP contribution in [0.3, 0.4) is 0 Å². The van der Waals surface area contributed by atoms with Gasteiger partial charge in [0, 0.05) is 23.5 Å². The highest BCUT2D eigenvalue weighted by Gasteiger charge is 2.20. The van der Waals surface area contributed by atoms with Gasteiger partial charge in [-0.1, -0.05) is 96.3 Å². The zero-order chi connectivity index (χ0) is 23.3. The second-order valence-corrected chi connectivity index (χ2v) is 10.7. The van der Waals surface area contributed by atoms with E-state index in [-0.39, 0.29) is 0 Å². The van der Waals surface area contributed by atoms with Crippen molar-refractivity contribution in [3.63, 3.8) is 0 Å². The van der Waals surface area contributed by atoms with Crippen molar-refractivity contribution < 1.29 is 4.74 Å². The first-order chi connectivity index (χ1) is 16.9. The average molecular weight is 464 g/mol. The van der Waals surface area contributed by atoms with Gasteiger partial charge in [0.15, 0.2) is 0 Å². The lowest BCUT2D eigenvalue weighted by atomic mass is 10.0. The maximum absolute atomic E-state index is 5.77. The Balaban J connectivity index is 1.04. The van der Waals surface area contributed by atoms with Crippen LogP contribution in [0, 0.1) is 11.8 Å². The van der Waals surface area contributed by atoms with E-state index >= 15 is 0 Å². The Morgan fingerprint density at radius 1 is 0.647 bits per heavy atom. The van der Waals surface area contributed by atoms with Crippen molar-refractivity contribution in [1.29, 1.82) is 0 Å². The standard InChI is InChI=1S/C30H45N3O/c1(2-4-8-12-25-15-16-25)3-5-10-14-28-20-19-27(24-31-28)29-21-22-30(33-32-29)34-23-11-7-6-9-13-26-17-18-26/h19-22,24-26H,1-18,23H2. The quantitative estimate of drug-likeness (QED) is 0.196. The molecule has 2 aromatic rings. The van der Waals surface area contributed by atoms with Gasteiger partial charge in [-0.2, -0.15) is 0 Å². The van der Waals surface area contributed by atoms with Gasteiger partial charge in [0.2, 0.25) is 5.88 Å². The van der Waals surface area contributed by atoms with Crippen LogP contribution >= 0.6 is 0 Å². The molecule has 186 valence electrons. The van der Waals surface area contributed by atoms with Crippen LogP contribution < -0.4 is 4.74 Å². The first kappa shape index (κ1) is 25.1. The van der Waals surface area contributed by atoms with Gasteiger partial charge < -0.3 is 4.74 Å². The molecule has 0 N–H and O–H groups in total. The smallest absolute Gasteiger partial charge is 0.233 e. The molecular weight excluding hydrogens is 418 g/mol. The Labute approximate surface area is 207 Å². The van der Waals surface area contributed by atoms with Gasteiger partial charge in [0.05, 0.1) is 12.3 Å². The molecule has 2 fully saturated rings. The van der Waals surface area contributed by atoms with Crippen LogP contribution in [0.1, 0.15) is 115 Å². The molecule has 0 bridgehead atoms. The van der Waals surface area contributed by atoms with Crippen molar-refractivity contribution in [2.24, 2.45) is 11.8 Å². The Bertz CT molecular complexity index is 797. The van der Waals surface area contributed by atoms with Gasteiger partial charge in [0.25, 0.3) is 0 Å². The van der Waals surface area contributed by atoms with Crippen molar-refractivity contribution in [3.8, 4) is 17.1 Å². The summed E-state index contributed by atoms with van der Waals surface area (Å²) >= 11 is 0. The number of hydrogen-bond acceptors (Lipinski definition) is 4. The summed E-state index contributed by atoms with van der Waals surface area (Å²) in [5.74, 6) is 2.78. The highest BCUT2D eigenvalue weighted by atomic mass is 16.5. The number of nitrogens with zero attached hydrogens (tertiary/aromatic N) is 3.